The first-order valence-corrected chi connectivity index (χ1v) is 5.32. The van der Waals surface area contributed by atoms with Gasteiger partial charge < -0.3 is 4.74 Å². The molecule has 0 aromatic heterocycles. The molecule has 0 spiro atoms. The average molecular weight is 219 g/mol. The van der Waals surface area contributed by atoms with E-state index in [0.29, 0.717) is 12.5 Å². The van der Waals surface area contributed by atoms with Gasteiger partial charge >= 0.3 is 6.09 Å². The molecule has 0 saturated heterocycles. The molecule has 0 unspecified atom stereocenters. The van der Waals surface area contributed by atoms with E-state index in [4.69, 9.17) is 4.74 Å². The zero-order valence-electron chi connectivity index (χ0n) is 9.64. The zero-order chi connectivity index (χ0) is 11.8. The number of benzene rings is 1. The van der Waals surface area contributed by atoms with E-state index in [0.717, 1.165) is 5.56 Å². The Labute approximate surface area is 96.1 Å². The Kier molecular flexibility index (Phi) is 5.12. The van der Waals surface area contributed by atoms with Crippen LogP contribution in [0.5, 0.6) is 0 Å². The SMILES string of the molecule is CC(C)/C=C/NC(=O)OCc1ccccc1. The zero-order valence-corrected chi connectivity index (χ0v) is 9.64. The van der Waals surface area contributed by atoms with Crippen molar-refractivity contribution in [1.82, 2.24) is 5.32 Å². The standard InChI is InChI=1S/C13H17NO2/c1-11(2)8-9-14-13(15)16-10-12-6-4-3-5-7-12/h3-9,11H,10H2,1-2H3,(H,14,15)/b9-8+. The van der Waals surface area contributed by atoms with Gasteiger partial charge in [-0.2, -0.15) is 0 Å². The highest BCUT2D eigenvalue weighted by Crippen LogP contribution is 2.00. The minimum atomic E-state index is -0.430. The summed E-state index contributed by atoms with van der Waals surface area (Å²) in [5.74, 6) is 0.412. The molecule has 3 heteroatoms. The fourth-order valence-corrected chi connectivity index (χ4v) is 1.07. The van der Waals surface area contributed by atoms with Gasteiger partial charge in [0, 0.05) is 6.20 Å². The second kappa shape index (κ2) is 6.67. The van der Waals surface area contributed by atoms with Crippen LogP contribution >= 0.6 is 0 Å². The molecule has 86 valence electrons. The highest BCUT2D eigenvalue weighted by molar-refractivity contribution is 5.68. The first-order valence-electron chi connectivity index (χ1n) is 5.32. The van der Waals surface area contributed by atoms with Gasteiger partial charge in [-0.3, -0.25) is 5.32 Å². The molecular formula is C13H17NO2. The summed E-state index contributed by atoms with van der Waals surface area (Å²) in [4.78, 5) is 11.2. The molecular weight excluding hydrogens is 202 g/mol. The predicted molar refractivity (Wildman–Crippen MR) is 63.7 cm³/mol. The Morgan fingerprint density at radius 3 is 2.69 bits per heavy atom. The molecule has 3 nitrogen and oxygen atoms in total. The lowest BCUT2D eigenvalue weighted by molar-refractivity contribution is 0.143. The van der Waals surface area contributed by atoms with E-state index in [1.807, 2.05) is 50.3 Å². The van der Waals surface area contributed by atoms with Crippen LogP contribution in [0.1, 0.15) is 19.4 Å². The molecule has 0 aliphatic heterocycles. The largest absolute Gasteiger partial charge is 0.444 e. The van der Waals surface area contributed by atoms with Gasteiger partial charge in [-0.25, -0.2) is 4.79 Å². The topological polar surface area (TPSA) is 38.3 Å². The van der Waals surface area contributed by atoms with Crippen molar-refractivity contribution in [2.75, 3.05) is 0 Å². The molecule has 1 aromatic carbocycles. The molecule has 1 N–H and O–H groups in total. The smallest absolute Gasteiger partial charge is 0.411 e. The quantitative estimate of drug-likeness (QED) is 0.845. The highest BCUT2D eigenvalue weighted by atomic mass is 16.5. The Bertz CT molecular complexity index is 344. The van der Waals surface area contributed by atoms with E-state index in [9.17, 15) is 4.79 Å². The van der Waals surface area contributed by atoms with Gasteiger partial charge in [0.1, 0.15) is 6.61 Å². The molecule has 0 heterocycles. The monoisotopic (exact) mass is 219 g/mol. The molecule has 0 aliphatic carbocycles. The van der Waals surface area contributed by atoms with Gasteiger partial charge in [-0.1, -0.05) is 50.3 Å². The summed E-state index contributed by atoms with van der Waals surface area (Å²) in [5.41, 5.74) is 0.977. The maximum atomic E-state index is 11.2. The average Bonchev–Trinajstić information content (AvgIpc) is 2.27. The van der Waals surface area contributed by atoms with Crippen molar-refractivity contribution in [2.45, 2.75) is 20.5 Å². The van der Waals surface area contributed by atoms with Crippen LogP contribution in [-0.2, 0) is 11.3 Å². The molecule has 0 fully saturated rings. The predicted octanol–water partition coefficient (Wildman–Crippen LogP) is 3.08. The van der Waals surface area contributed by atoms with Crippen LogP contribution in [0.2, 0.25) is 0 Å². The van der Waals surface area contributed by atoms with E-state index >= 15 is 0 Å². The molecule has 0 aliphatic rings. The summed E-state index contributed by atoms with van der Waals surface area (Å²) in [6, 6.07) is 9.58. The van der Waals surface area contributed by atoms with Crippen molar-refractivity contribution in [1.29, 1.82) is 0 Å². The van der Waals surface area contributed by atoms with E-state index < -0.39 is 6.09 Å². The maximum Gasteiger partial charge on any atom is 0.411 e. The number of carbonyl (C=O) groups excluding carboxylic acids is 1. The third-order valence-corrected chi connectivity index (χ3v) is 1.90. The second-order valence-corrected chi connectivity index (χ2v) is 3.81. The van der Waals surface area contributed by atoms with Crippen LogP contribution in [-0.4, -0.2) is 6.09 Å². The van der Waals surface area contributed by atoms with Crippen LogP contribution in [0, 0.1) is 5.92 Å². The molecule has 16 heavy (non-hydrogen) atoms. The van der Waals surface area contributed by atoms with Gasteiger partial charge in [0.15, 0.2) is 0 Å². The van der Waals surface area contributed by atoms with Crippen LogP contribution in [0.25, 0.3) is 0 Å². The molecule has 1 amide bonds. The van der Waals surface area contributed by atoms with Crippen molar-refractivity contribution in [3.8, 4) is 0 Å². The third kappa shape index (κ3) is 5.20. The lowest BCUT2D eigenvalue weighted by atomic mass is 10.2. The third-order valence-electron chi connectivity index (χ3n) is 1.90. The minimum absolute atomic E-state index is 0.294. The van der Waals surface area contributed by atoms with E-state index in [2.05, 4.69) is 5.32 Å². The number of hydrogen-bond donors (Lipinski definition) is 1. The van der Waals surface area contributed by atoms with Crippen LogP contribution < -0.4 is 5.32 Å². The minimum Gasteiger partial charge on any atom is -0.444 e. The van der Waals surface area contributed by atoms with Crippen molar-refractivity contribution in [2.24, 2.45) is 5.92 Å². The summed E-state index contributed by atoms with van der Waals surface area (Å²) in [5, 5.41) is 2.54. The van der Waals surface area contributed by atoms with Crippen molar-refractivity contribution >= 4 is 6.09 Å². The molecule has 1 rings (SSSR count). The number of hydrogen-bond acceptors (Lipinski definition) is 2. The van der Waals surface area contributed by atoms with Crippen molar-refractivity contribution < 1.29 is 9.53 Å². The summed E-state index contributed by atoms with van der Waals surface area (Å²) in [6.07, 6.45) is 3.07. The van der Waals surface area contributed by atoms with Crippen LogP contribution in [0.4, 0.5) is 4.79 Å². The lowest BCUT2D eigenvalue weighted by Gasteiger charge is -2.04. The Morgan fingerprint density at radius 2 is 2.06 bits per heavy atom. The molecule has 0 saturated carbocycles. The summed E-state index contributed by atoms with van der Waals surface area (Å²) >= 11 is 0. The number of nitrogens with one attached hydrogen (secondary N) is 1. The second-order valence-electron chi connectivity index (χ2n) is 3.81. The number of rotatable bonds is 4. The Morgan fingerprint density at radius 1 is 1.38 bits per heavy atom. The summed E-state index contributed by atoms with van der Waals surface area (Å²) in [6.45, 7) is 4.36. The van der Waals surface area contributed by atoms with E-state index in [1.54, 1.807) is 6.20 Å². The van der Waals surface area contributed by atoms with Gasteiger partial charge in [0.2, 0.25) is 0 Å². The van der Waals surface area contributed by atoms with Gasteiger partial charge in [0.05, 0.1) is 0 Å². The van der Waals surface area contributed by atoms with Gasteiger partial charge in [0.25, 0.3) is 0 Å². The van der Waals surface area contributed by atoms with Gasteiger partial charge in [-0.05, 0) is 11.5 Å². The van der Waals surface area contributed by atoms with Crippen LogP contribution in [0.3, 0.4) is 0 Å². The molecule has 0 atom stereocenters. The number of alkyl carbamates (subject to hydrolysis) is 1. The normalized spacial score (nSPS) is 10.7. The summed E-state index contributed by atoms with van der Waals surface area (Å²) < 4.78 is 5.01. The van der Waals surface area contributed by atoms with Crippen LogP contribution in [0.15, 0.2) is 42.6 Å². The fraction of sp³-hybridized carbons (Fsp3) is 0.308. The first-order chi connectivity index (χ1) is 7.68. The van der Waals surface area contributed by atoms with E-state index in [1.165, 1.54) is 0 Å². The summed E-state index contributed by atoms with van der Waals surface area (Å²) in [7, 11) is 0. The van der Waals surface area contributed by atoms with Gasteiger partial charge in [-0.15, -0.1) is 0 Å². The fourth-order valence-electron chi connectivity index (χ4n) is 1.07. The first kappa shape index (κ1) is 12.3. The van der Waals surface area contributed by atoms with Crippen molar-refractivity contribution in [3.05, 3.63) is 48.2 Å². The Balaban J connectivity index is 2.26. The molecule has 0 radical (unpaired) electrons. The number of allylic oxidation sites excluding steroid dienone is 1. The lowest BCUT2D eigenvalue weighted by Crippen LogP contribution is -2.18. The number of ether oxygens (including phenoxy) is 1. The molecule has 0 bridgehead atoms. The highest BCUT2D eigenvalue weighted by Gasteiger charge is 1.99. The maximum absolute atomic E-state index is 11.2. The molecule has 1 aromatic rings. The number of carbonyl (C=O) groups is 1. The Hall–Kier alpha value is -1.77. The number of amides is 1. The van der Waals surface area contributed by atoms with Crippen molar-refractivity contribution in [3.63, 3.8) is 0 Å². The van der Waals surface area contributed by atoms with E-state index in [-0.39, 0.29) is 0 Å².